The van der Waals surface area contributed by atoms with Gasteiger partial charge in [-0.15, -0.1) is 0 Å². The molecule has 5 heteroatoms. The number of aromatic amines is 1. The Morgan fingerprint density at radius 3 is 2.73 bits per heavy atom. The number of benzene rings is 2. The molecule has 5 nitrogen and oxygen atoms in total. The molecule has 1 aliphatic rings. The van der Waals surface area contributed by atoms with Crippen LogP contribution in [0.4, 0.5) is 0 Å². The van der Waals surface area contributed by atoms with Crippen molar-refractivity contribution in [1.29, 1.82) is 0 Å². The highest BCUT2D eigenvalue weighted by Gasteiger charge is 2.22. The first-order valence-corrected chi connectivity index (χ1v) is 8.52. The second-order valence-electron chi connectivity index (χ2n) is 6.22. The van der Waals surface area contributed by atoms with E-state index in [1.807, 2.05) is 48.5 Å². The summed E-state index contributed by atoms with van der Waals surface area (Å²) in [4.78, 5) is 15.5. The van der Waals surface area contributed by atoms with Crippen LogP contribution in [-0.2, 0) is 11.2 Å². The Labute approximate surface area is 151 Å². The minimum absolute atomic E-state index is 0.163. The highest BCUT2D eigenvalue weighted by atomic mass is 16.5. The normalized spacial score (nSPS) is 15.3. The smallest absolute Gasteiger partial charge is 0.273 e. The fourth-order valence-electron chi connectivity index (χ4n) is 3.11. The van der Waals surface area contributed by atoms with E-state index < -0.39 is 0 Å². The molecule has 0 atom stereocenters. The van der Waals surface area contributed by atoms with Crippen molar-refractivity contribution in [2.45, 2.75) is 12.8 Å². The predicted molar refractivity (Wildman–Crippen MR) is 103 cm³/mol. The van der Waals surface area contributed by atoms with Gasteiger partial charge in [0.2, 0.25) is 0 Å². The molecular weight excluding hydrogens is 326 g/mol. The van der Waals surface area contributed by atoms with Gasteiger partial charge in [0.1, 0.15) is 5.75 Å². The van der Waals surface area contributed by atoms with E-state index in [9.17, 15) is 4.79 Å². The number of carbonyl (C=O) groups is 1. The van der Waals surface area contributed by atoms with Crippen LogP contribution < -0.4 is 10.2 Å². The Balaban J connectivity index is 1.58. The molecule has 26 heavy (non-hydrogen) atoms. The molecule has 4 rings (SSSR count). The predicted octanol–water partition coefficient (Wildman–Crippen LogP) is 3.68. The van der Waals surface area contributed by atoms with Crippen LogP contribution >= 0.6 is 0 Å². The number of rotatable bonds is 5. The first-order valence-electron chi connectivity index (χ1n) is 8.52. The summed E-state index contributed by atoms with van der Waals surface area (Å²) in [5.74, 6) is 0.642. The Morgan fingerprint density at radius 1 is 1.08 bits per heavy atom. The van der Waals surface area contributed by atoms with E-state index in [0.29, 0.717) is 12.0 Å². The van der Waals surface area contributed by atoms with Crippen LogP contribution in [0.2, 0.25) is 0 Å². The molecule has 1 aliphatic heterocycles. The molecule has 2 aromatic carbocycles. The number of hydrazone groups is 1. The minimum Gasteiger partial charge on any atom is -0.497 e. The summed E-state index contributed by atoms with van der Waals surface area (Å²) in [6.07, 6.45) is 3.41. The third-order valence-corrected chi connectivity index (χ3v) is 4.49. The molecule has 0 bridgehead atoms. The van der Waals surface area contributed by atoms with Gasteiger partial charge < -0.3 is 9.72 Å². The standard InChI is InChI=1S/C21H19N3O2/c1-26-17-8-10-19-15(12-17)11-16(22-19)13-18-20(23-24-21(18)25)9-7-14-5-3-2-4-6-14/h2-6,8,10-13,22H,7,9H2,1H3,(H,24,25). The summed E-state index contributed by atoms with van der Waals surface area (Å²) >= 11 is 0. The molecule has 1 aromatic heterocycles. The Morgan fingerprint density at radius 2 is 1.92 bits per heavy atom. The van der Waals surface area contributed by atoms with Gasteiger partial charge in [-0.3, -0.25) is 4.79 Å². The number of carbonyl (C=O) groups excluding carboxylic acids is 1. The maximum Gasteiger partial charge on any atom is 0.273 e. The molecule has 2 heterocycles. The van der Waals surface area contributed by atoms with E-state index >= 15 is 0 Å². The second kappa shape index (κ2) is 6.88. The maximum absolute atomic E-state index is 12.2. The van der Waals surface area contributed by atoms with Gasteiger partial charge in [0, 0.05) is 16.6 Å². The molecule has 1 amide bonds. The molecule has 0 fully saturated rings. The lowest BCUT2D eigenvalue weighted by Crippen LogP contribution is -2.13. The first-order chi connectivity index (χ1) is 12.7. The number of hydrogen-bond donors (Lipinski definition) is 2. The molecule has 130 valence electrons. The molecule has 0 saturated carbocycles. The average molecular weight is 345 g/mol. The lowest BCUT2D eigenvalue weighted by Gasteiger charge is -2.02. The Hall–Kier alpha value is -3.34. The summed E-state index contributed by atoms with van der Waals surface area (Å²) in [5.41, 5.74) is 7.07. The maximum atomic E-state index is 12.2. The number of nitrogens with zero attached hydrogens (tertiary/aromatic N) is 1. The lowest BCUT2D eigenvalue weighted by molar-refractivity contribution is -0.116. The van der Waals surface area contributed by atoms with Crippen molar-refractivity contribution in [2.75, 3.05) is 7.11 Å². The largest absolute Gasteiger partial charge is 0.497 e. The van der Waals surface area contributed by atoms with Crippen molar-refractivity contribution in [2.24, 2.45) is 5.10 Å². The van der Waals surface area contributed by atoms with Crippen LogP contribution in [0, 0.1) is 0 Å². The van der Waals surface area contributed by atoms with E-state index in [1.54, 1.807) is 7.11 Å². The Bertz CT molecular complexity index is 1020. The zero-order chi connectivity index (χ0) is 17.9. The monoisotopic (exact) mass is 345 g/mol. The number of H-pyrrole nitrogens is 1. The molecule has 0 radical (unpaired) electrons. The van der Waals surface area contributed by atoms with Crippen molar-refractivity contribution >= 4 is 28.6 Å². The number of aryl methyl sites for hydroxylation is 1. The van der Waals surface area contributed by atoms with Gasteiger partial charge in [0.25, 0.3) is 5.91 Å². The van der Waals surface area contributed by atoms with Crippen molar-refractivity contribution in [3.63, 3.8) is 0 Å². The average Bonchev–Trinajstić information content (AvgIpc) is 3.24. The molecule has 3 aromatic rings. The summed E-state index contributed by atoms with van der Waals surface area (Å²) < 4.78 is 5.26. The number of hydrogen-bond acceptors (Lipinski definition) is 3. The van der Waals surface area contributed by atoms with Gasteiger partial charge in [-0.2, -0.15) is 5.10 Å². The van der Waals surface area contributed by atoms with E-state index in [2.05, 4.69) is 27.6 Å². The number of fused-ring (bicyclic) bond motifs is 1. The quantitative estimate of drug-likeness (QED) is 0.693. The van der Waals surface area contributed by atoms with Crippen molar-refractivity contribution in [1.82, 2.24) is 10.4 Å². The Kier molecular flexibility index (Phi) is 4.27. The summed E-state index contributed by atoms with van der Waals surface area (Å²) in [6.45, 7) is 0. The van der Waals surface area contributed by atoms with Crippen LogP contribution in [-0.4, -0.2) is 23.7 Å². The van der Waals surface area contributed by atoms with E-state index in [-0.39, 0.29) is 5.91 Å². The van der Waals surface area contributed by atoms with Gasteiger partial charge in [0.05, 0.1) is 18.4 Å². The zero-order valence-corrected chi connectivity index (χ0v) is 14.5. The molecule has 0 unspecified atom stereocenters. The van der Waals surface area contributed by atoms with Crippen LogP contribution in [0.5, 0.6) is 5.75 Å². The van der Waals surface area contributed by atoms with Gasteiger partial charge >= 0.3 is 0 Å². The molecule has 2 N–H and O–H groups in total. The second-order valence-corrected chi connectivity index (χ2v) is 6.22. The lowest BCUT2D eigenvalue weighted by atomic mass is 10.0. The number of methoxy groups -OCH3 is 1. The fourth-order valence-corrected chi connectivity index (χ4v) is 3.11. The van der Waals surface area contributed by atoms with Crippen LogP contribution in [0.15, 0.2) is 65.3 Å². The van der Waals surface area contributed by atoms with Crippen molar-refractivity contribution < 1.29 is 9.53 Å². The van der Waals surface area contributed by atoms with Gasteiger partial charge in [-0.05, 0) is 48.7 Å². The third kappa shape index (κ3) is 3.24. The highest BCUT2D eigenvalue weighted by molar-refractivity contribution is 6.27. The molecule has 0 spiro atoms. The third-order valence-electron chi connectivity index (χ3n) is 4.49. The van der Waals surface area contributed by atoms with Crippen molar-refractivity contribution in [3.05, 3.63) is 71.4 Å². The van der Waals surface area contributed by atoms with Gasteiger partial charge in [-0.1, -0.05) is 30.3 Å². The first kappa shape index (κ1) is 16.1. The van der Waals surface area contributed by atoms with Crippen LogP contribution in [0.25, 0.3) is 17.0 Å². The molecule has 0 saturated heterocycles. The van der Waals surface area contributed by atoms with E-state index in [4.69, 9.17) is 4.74 Å². The minimum atomic E-state index is -0.163. The topological polar surface area (TPSA) is 66.5 Å². The van der Waals surface area contributed by atoms with Gasteiger partial charge in [0.15, 0.2) is 0 Å². The fraction of sp³-hybridized carbons (Fsp3) is 0.143. The van der Waals surface area contributed by atoms with E-state index in [0.717, 1.165) is 34.5 Å². The zero-order valence-electron chi connectivity index (χ0n) is 14.5. The number of aromatic nitrogens is 1. The van der Waals surface area contributed by atoms with Gasteiger partial charge in [-0.25, -0.2) is 5.43 Å². The number of nitrogens with one attached hydrogen (secondary N) is 2. The summed E-state index contributed by atoms with van der Waals surface area (Å²) in [6, 6.07) is 18.0. The van der Waals surface area contributed by atoms with E-state index in [1.165, 1.54) is 5.56 Å². The SMILES string of the molecule is COc1ccc2[nH]c(C=C3C(=O)NN=C3CCc3ccccc3)cc2c1. The van der Waals surface area contributed by atoms with Crippen LogP contribution in [0.3, 0.4) is 0 Å². The summed E-state index contributed by atoms with van der Waals surface area (Å²) in [7, 11) is 1.65. The van der Waals surface area contributed by atoms with Crippen LogP contribution in [0.1, 0.15) is 17.7 Å². The number of amides is 1. The molecule has 0 aliphatic carbocycles. The summed E-state index contributed by atoms with van der Waals surface area (Å²) in [5, 5.41) is 5.24. The highest BCUT2D eigenvalue weighted by Crippen LogP contribution is 2.23. The van der Waals surface area contributed by atoms with Crippen molar-refractivity contribution in [3.8, 4) is 5.75 Å². The molecular formula is C21H19N3O2. The number of ether oxygens (including phenoxy) is 1.